The highest BCUT2D eigenvalue weighted by molar-refractivity contribution is 6.06. The first-order valence-electron chi connectivity index (χ1n) is 9.61. The molecule has 7 nitrogen and oxygen atoms in total. The molecule has 3 aromatic carbocycles. The second-order valence-electron chi connectivity index (χ2n) is 6.85. The van der Waals surface area contributed by atoms with E-state index in [1.165, 1.54) is 49.5 Å². The standard InChI is InChI=1S/C23H19F3N4O3/c1-28-20(31)15-5-4-6-16(13-15)29-21(32)14-9-11-17(12-10-14)30(22(27)33)19-8-3-2-7-18(19)23(24,25)26/h2-13H,1H3,(H2,27,33)(H,28,31)(H,29,32). The number of nitrogens with zero attached hydrogens (tertiary/aromatic N) is 1. The van der Waals surface area contributed by atoms with Crippen molar-refractivity contribution in [3.05, 3.63) is 89.5 Å². The van der Waals surface area contributed by atoms with Crippen LogP contribution in [-0.4, -0.2) is 24.9 Å². The van der Waals surface area contributed by atoms with E-state index in [0.717, 1.165) is 17.0 Å². The molecule has 0 saturated heterocycles. The zero-order chi connectivity index (χ0) is 24.2. The van der Waals surface area contributed by atoms with E-state index in [-0.39, 0.29) is 17.2 Å². The van der Waals surface area contributed by atoms with Crippen molar-refractivity contribution in [1.82, 2.24) is 5.32 Å². The van der Waals surface area contributed by atoms with Crippen molar-refractivity contribution in [1.29, 1.82) is 0 Å². The van der Waals surface area contributed by atoms with Gasteiger partial charge in [0.2, 0.25) is 0 Å². The lowest BCUT2D eigenvalue weighted by atomic mass is 10.1. The summed E-state index contributed by atoms with van der Waals surface area (Å²) in [6.45, 7) is 0. The predicted molar refractivity (Wildman–Crippen MR) is 117 cm³/mol. The number of primary amides is 1. The van der Waals surface area contributed by atoms with Gasteiger partial charge in [0.1, 0.15) is 0 Å². The minimum Gasteiger partial charge on any atom is -0.355 e. The van der Waals surface area contributed by atoms with Crippen LogP contribution in [0.3, 0.4) is 0 Å². The van der Waals surface area contributed by atoms with Crippen LogP contribution in [0.1, 0.15) is 26.3 Å². The number of amides is 4. The van der Waals surface area contributed by atoms with E-state index in [9.17, 15) is 27.6 Å². The molecule has 3 rings (SSSR count). The number of hydrogen-bond donors (Lipinski definition) is 3. The zero-order valence-corrected chi connectivity index (χ0v) is 17.3. The molecule has 0 spiro atoms. The van der Waals surface area contributed by atoms with E-state index in [4.69, 9.17) is 5.73 Å². The number of rotatable bonds is 5. The number of nitrogens with two attached hydrogens (primary N) is 1. The maximum Gasteiger partial charge on any atom is 0.418 e. The number of benzene rings is 3. The Morgan fingerprint density at radius 3 is 2.12 bits per heavy atom. The Bertz CT molecular complexity index is 1190. The van der Waals surface area contributed by atoms with Gasteiger partial charge in [-0.2, -0.15) is 13.2 Å². The maximum atomic E-state index is 13.4. The average Bonchev–Trinajstić information content (AvgIpc) is 2.78. The topological polar surface area (TPSA) is 105 Å². The molecule has 0 unspecified atom stereocenters. The first-order valence-corrected chi connectivity index (χ1v) is 9.61. The summed E-state index contributed by atoms with van der Waals surface area (Å²) in [6, 6.07) is 15.0. The van der Waals surface area contributed by atoms with Gasteiger partial charge < -0.3 is 16.4 Å². The van der Waals surface area contributed by atoms with E-state index in [1.54, 1.807) is 18.2 Å². The fourth-order valence-electron chi connectivity index (χ4n) is 3.14. The Kier molecular flexibility index (Phi) is 6.67. The summed E-state index contributed by atoms with van der Waals surface area (Å²) in [5, 5.41) is 5.12. The molecular weight excluding hydrogens is 437 g/mol. The van der Waals surface area contributed by atoms with Gasteiger partial charge in [-0.1, -0.05) is 18.2 Å². The van der Waals surface area contributed by atoms with Gasteiger partial charge in [-0.05, 0) is 54.6 Å². The van der Waals surface area contributed by atoms with Crippen LogP contribution in [0.2, 0.25) is 0 Å². The monoisotopic (exact) mass is 456 g/mol. The molecule has 4 amide bonds. The summed E-state index contributed by atoms with van der Waals surface area (Å²) >= 11 is 0. The van der Waals surface area contributed by atoms with Crippen molar-refractivity contribution >= 4 is 34.9 Å². The third-order valence-corrected chi connectivity index (χ3v) is 4.67. The molecule has 0 saturated carbocycles. The number of alkyl halides is 3. The molecule has 0 heterocycles. The molecule has 10 heteroatoms. The van der Waals surface area contributed by atoms with Crippen LogP contribution in [0.4, 0.5) is 35.0 Å². The summed E-state index contributed by atoms with van der Waals surface area (Å²) in [4.78, 5) is 37.1. The quantitative estimate of drug-likeness (QED) is 0.525. The van der Waals surface area contributed by atoms with Crippen molar-refractivity contribution < 1.29 is 27.6 Å². The summed E-state index contributed by atoms with van der Waals surface area (Å²) in [7, 11) is 1.48. The molecule has 0 bridgehead atoms. The van der Waals surface area contributed by atoms with Gasteiger partial charge in [0.05, 0.1) is 16.9 Å². The summed E-state index contributed by atoms with van der Waals surface area (Å²) in [6.07, 6.45) is -4.70. The second kappa shape index (κ2) is 9.43. The fraction of sp³-hybridized carbons (Fsp3) is 0.0870. The van der Waals surface area contributed by atoms with Gasteiger partial charge >= 0.3 is 12.2 Å². The van der Waals surface area contributed by atoms with E-state index in [1.807, 2.05) is 0 Å². The molecule has 4 N–H and O–H groups in total. The van der Waals surface area contributed by atoms with Crippen molar-refractivity contribution in [2.24, 2.45) is 5.73 Å². The Morgan fingerprint density at radius 1 is 0.848 bits per heavy atom. The Labute approximate surface area is 187 Å². The average molecular weight is 456 g/mol. The molecule has 33 heavy (non-hydrogen) atoms. The van der Waals surface area contributed by atoms with E-state index in [0.29, 0.717) is 11.3 Å². The number of hydrogen-bond acceptors (Lipinski definition) is 3. The van der Waals surface area contributed by atoms with Gasteiger partial charge in [-0.3, -0.25) is 14.5 Å². The molecule has 0 atom stereocenters. The van der Waals surface area contributed by atoms with Crippen molar-refractivity contribution in [3.63, 3.8) is 0 Å². The normalized spacial score (nSPS) is 10.9. The number of nitrogens with one attached hydrogen (secondary N) is 2. The zero-order valence-electron chi connectivity index (χ0n) is 17.3. The van der Waals surface area contributed by atoms with Gasteiger partial charge in [-0.15, -0.1) is 0 Å². The van der Waals surface area contributed by atoms with Crippen LogP contribution >= 0.6 is 0 Å². The SMILES string of the molecule is CNC(=O)c1cccc(NC(=O)c2ccc(N(C(N)=O)c3ccccc3C(F)(F)F)cc2)c1. The highest BCUT2D eigenvalue weighted by Crippen LogP contribution is 2.39. The largest absolute Gasteiger partial charge is 0.418 e. The van der Waals surface area contributed by atoms with Gasteiger partial charge in [0.15, 0.2) is 0 Å². The number of carbonyl (C=O) groups excluding carboxylic acids is 3. The second-order valence-corrected chi connectivity index (χ2v) is 6.85. The Morgan fingerprint density at radius 2 is 1.52 bits per heavy atom. The molecule has 0 aromatic heterocycles. The number of para-hydroxylation sites is 1. The molecule has 3 aromatic rings. The van der Waals surface area contributed by atoms with Crippen LogP contribution in [0.5, 0.6) is 0 Å². The van der Waals surface area contributed by atoms with Crippen LogP contribution in [0.25, 0.3) is 0 Å². The van der Waals surface area contributed by atoms with Gasteiger partial charge in [0.25, 0.3) is 11.8 Å². The van der Waals surface area contributed by atoms with Gasteiger partial charge in [0, 0.05) is 23.9 Å². The van der Waals surface area contributed by atoms with Crippen molar-refractivity contribution in [3.8, 4) is 0 Å². The van der Waals surface area contributed by atoms with Crippen molar-refractivity contribution in [2.45, 2.75) is 6.18 Å². The lowest BCUT2D eigenvalue weighted by Crippen LogP contribution is -2.33. The molecule has 0 aliphatic rings. The molecule has 0 aliphatic carbocycles. The highest BCUT2D eigenvalue weighted by Gasteiger charge is 2.36. The number of halogens is 3. The molecule has 170 valence electrons. The van der Waals surface area contributed by atoms with Gasteiger partial charge in [-0.25, -0.2) is 4.79 Å². The summed E-state index contributed by atoms with van der Waals surface area (Å²) in [5.41, 5.74) is 4.88. The lowest BCUT2D eigenvalue weighted by Gasteiger charge is -2.24. The third kappa shape index (κ3) is 5.29. The number of urea groups is 1. The predicted octanol–water partition coefficient (Wildman–Crippen LogP) is 4.53. The first kappa shape index (κ1) is 23.3. The minimum atomic E-state index is -4.70. The van der Waals surface area contributed by atoms with Crippen LogP contribution in [0, 0.1) is 0 Å². The van der Waals surface area contributed by atoms with E-state index in [2.05, 4.69) is 10.6 Å². The Hall–Kier alpha value is -4.34. The van der Waals surface area contributed by atoms with E-state index >= 15 is 0 Å². The van der Waals surface area contributed by atoms with E-state index < -0.39 is 29.4 Å². The molecule has 0 fully saturated rings. The van der Waals surface area contributed by atoms with Crippen LogP contribution in [0.15, 0.2) is 72.8 Å². The lowest BCUT2D eigenvalue weighted by molar-refractivity contribution is -0.137. The van der Waals surface area contributed by atoms with Crippen molar-refractivity contribution in [2.75, 3.05) is 17.3 Å². The molecule has 0 radical (unpaired) electrons. The number of carbonyl (C=O) groups is 3. The first-order chi connectivity index (χ1) is 15.6. The minimum absolute atomic E-state index is 0.0531. The summed E-state index contributed by atoms with van der Waals surface area (Å²) in [5.74, 6) is -0.835. The van der Waals surface area contributed by atoms with Crippen LogP contribution in [-0.2, 0) is 6.18 Å². The maximum absolute atomic E-state index is 13.4. The molecule has 0 aliphatic heterocycles. The number of anilines is 3. The summed E-state index contributed by atoms with van der Waals surface area (Å²) < 4.78 is 40.2. The Balaban J connectivity index is 1.87. The molecular formula is C23H19F3N4O3. The smallest absolute Gasteiger partial charge is 0.355 e. The third-order valence-electron chi connectivity index (χ3n) is 4.67. The van der Waals surface area contributed by atoms with Crippen LogP contribution < -0.4 is 21.3 Å². The highest BCUT2D eigenvalue weighted by atomic mass is 19.4. The fourth-order valence-corrected chi connectivity index (χ4v) is 3.14.